The molecule has 7 heteroatoms. The lowest BCUT2D eigenvalue weighted by molar-refractivity contribution is -0.125. The van der Waals surface area contributed by atoms with Crippen molar-refractivity contribution in [2.75, 3.05) is 32.2 Å². The fourth-order valence-corrected chi connectivity index (χ4v) is 3.98. The van der Waals surface area contributed by atoms with Crippen LogP contribution in [-0.4, -0.2) is 43.2 Å². The second kappa shape index (κ2) is 10.1. The molecular formula is C25H28N4O3. The molecule has 2 aromatic carbocycles. The van der Waals surface area contributed by atoms with Gasteiger partial charge in [0.2, 0.25) is 5.91 Å². The van der Waals surface area contributed by atoms with E-state index in [2.05, 4.69) is 20.2 Å². The molecule has 1 aliphatic rings. The Hall–Kier alpha value is -3.61. The Morgan fingerprint density at radius 1 is 1.03 bits per heavy atom. The van der Waals surface area contributed by atoms with Gasteiger partial charge in [-0.2, -0.15) is 0 Å². The number of ether oxygens (including phenoxy) is 2. The minimum atomic E-state index is -0.00840. The fraction of sp³-hybridized carbons (Fsp3) is 0.320. The third kappa shape index (κ3) is 4.99. The van der Waals surface area contributed by atoms with Gasteiger partial charge in [0, 0.05) is 48.8 Å². The molecule has 0 unspecified atom stereocenters. The van der Waals surface area contributed by atoms with Crippen molar-refractivity contribution in [1.82, 2.24) is 15.3 Å². The molecule has 7 nitrogen and oxygen atoms in total. The average Bonchev–Trinajstić information content (AvgIpc) is 2.87. The predicted octanol–water partition coefficient (Wildman–Crippen LogP) is 3.69. The number of aromatic nitrogens is 2. The normalized spacial score (nSPS) is 14.1. The number of carbonyl (C=O) groups excluding carboxylic acids is 1. The van der Waals surface area contributed by atoms with Crippen molar-refractivity contribution >= 4 is 11.7 Å². The van der Waals surface area contributed by atoms with Crippen molar-refractivity contribution in [2.45, 2.75) is 19.4 Å². The topological polar surface area (TPSA) is 76.6 Å². The smallest absolute Gasteiger partial charge is 0.223 e. The molecule has 1 N–H and O–H groups in total. The van der Waals surface area contributed by atoms with Crippen LogP contribution in [-0.2, 0) is 11.3 Å². The van der Waals surface area contributed by atoms with Crippen molar-refractivity contribution < 1.29 is 14.3 Å². The van der Waals surface area contributed by atoms with Crippen LogP contribution < -0.4 is 19.7 Å². The predicted molar refractivity (Wildman–Crippen MR) is 124 cm³/mol. The monoisotopic (exact) mass is 432 g/mol. The molecule has 1 aliphatic heterocycles. The van der Waals surface area contributed by atoms with E-state index in [1.54, 1.807) is 20.5 Å². The van der Waals surface area contributed by atoms with E-state index in [1.165, 1.54) is 0 Å². The van der Waals surface area contributed by atoms with Crippen molar-refractivity contribution in [2.24, 2.45) is 5.92 Å². The van der Waals surface area contributed by atoms with E-state index in [9.17, 15) is 4.79 Å². The van der Waals surface area contributed by atoms with Gasteiger partial charge in [-0.1, -0.05) is 30.3 Å². The summed E-state index contributed by atoms with van der Waals surface area (Å²) in [6, 6.07) is 17.7. The first kappa shape index (κ1) is 21.6. The van der Waals surface area contributed by atoms with Crippen molar-refractivity contribution in [3.8, 4) is 22.8 Å². The maximum Gasteiger partial charge on any atom is 0.223 e. The van der Waals surface area contributed by atoms with Gasteiger partial charge >= 0.3 is 0 Å². The molecule has 0 bridgehead atoms. The second-order valence-electron chi connectivity index (χ2n) is 7.78. The number of methoxy groups -OCH3 is 2. The molecular weight excluding hydrogens is 404 g/mol. The van der Waals surface area contributed by atoms with Gasteiger partial charge in [0.25, 0.3) is 0 Å². The van der Waals surface area contributed by atoms with Crippen LogP contribution in [0.4, 0.5) is 5.82 Å². The highest BCUT2D eigenvalue weighted by Crippen LogP contribution is 2.26. The largest absolute Gasteiger partial charge is 0.497 e. The third-order valence-electron chi connectivity index (χ3n) is 5.86. The Morgan fingerprint density at radius 2 is 1.81 bits per heavy atom. The molecule has 166 valence electrons. The number of anilines is 1. The van der Waals surface area contributed by atoms with E-state index in [4.69, 9.17) is 9.47 Å². The number of nitrogens with one attached hydrogen (secondary N) is 1. The van der Waals surface area contributed by atoms with Gasteiger partial charge in [0.05, 0.1) is 19.9 Å². The molecule has 0 saturated carbocycles. The zero-order valence-electron chi connectivity index (χ0n) is 18.5. The molecule has 2 heterocycles. The van der Waals surface area contributed by atoms with Gasteiger partial charge in [-0.25, -0.2) is 9.97 Å². The quantitative estimate of drug-likeness (QED) is 0.614. The van der Waals surface area contributed by atoms with E-state index < -0.39 is 0 Å². The number of carbonyl (C=O) groups is 1. The number of hydrogen-bond acceptors (Lipinski definition) is 6. The summed E-state index contributed by atoms with van der Waals surface area (Å²) >= 11 is 0. The number of hydrogen-bond donors (Lipinski definition) is 1. The van der Waals surface area contributed by atoms with Crippen LogP contribution in [0.5, 0.6) is 11.5 Å². The van der Waals surface area contributed by atoms with E-state index in [0.717, 1.165) is 54.3 Å². The Balaban J connectivity index is 1.33. The Kier molecular flexibility index (Phi) is 6.84. The van der Waals surface area contributed by atoms with Crippen LogP contribution in [0.15, 0.2) is 60.9 Å². The van der Waals surface area contributed by atoms with Crippen LogP contribution in [0.1, 0.15) is 18.4 Å². The van der Waals surface area contributed by atoms with Crippen molar-refractivity contribution in [1.29, 1.82) is 0 Å². The van der Waals surface area contributed by atoms with Crippen LogP contribution in [0, 0.1) is 5.92 Å². The van der Waals surface area contributed by atoms with Crippen LogP contribution in [0.3, 0.4) is 0 Å². The summed E-state index contributed by atoms with van der Waals surface area (Å²) in [6.45, 7) is 2.00. The molecule has 4 rings (SSSR count). The Labute approximate surface area is 188 Å². The maximum absolute atomic E-state index is 12.8. The first-order valence-electron chi connectivity index (χ1n) is 10.8. The van der Waals surface area contributed by atoms with Crippen LogP contribution in [0.2, 0.25) is 0 Å². The highest BCUT2D eigenvalue weighted by atomic mass is 16.5. The van der Waals surface area contributed by atoms with Gasteiger partial charge in [0.1, 0.15) is 23.6 Å². The third-order valence-corrected chi connectivity index (χ3v) is 5.86. The molecule has 0 atom stereocenters. The maximum atomic E-state index is 12.8. The van der Waals surface area contributed by atoms with Gasteiger partial charge < -0.3 is 19.7 Å². The molecule has 3 aromatic rings. The summed E-state index contributed by atoms with van der Waals surface area (Å²) in [5, 5.41) is 3.06. The lowest BCUT2D eigenvalue weighted by atomic mass is 9.95. The number of piperidine rings is 1. The zero-order chi connectivity index (χ0) is 22.3. The van der Waals surface area contributed by atoms with E-state index >= 15 is 0 Å². The van der Waals surface area contributed by atoms with E-state index in [-0.39, 0.29) is 11.8 Å². The summed E-state index contributed by atoms with van der Waals surface area (Å²) in [7, 11) is 3.23. The highest BCUT2D eigenvalue weighted by Gasteiger charge is 2.26. The molecule has 1 fully saturated rings. The van der Waals surface area contributed by atoms with E-state index in [1.807, 2.05) is 54.6 Å². The second-order valence-corrected chi connectivity index (χ2v) is 7.78. The minimum Gasteiger partial charge on any atom is -0.497 e. The number of benzene rings is 2. The molecule has 32 heavy (non-hydrogen) atoms. The van der Waals surface area contributed by atoms with Gasteiger partial charge in [0.15, 0.2) is 0 Å². The highest BCUT2D eigenvalue weighted by molar-refractivity contribution is 5.79. The van der Waals surface area contributed by atoms with Crippen LogP contribution >= 0.6 is 0 Å². The minimum absolute atomic E-state index is 0.00840. The lowest BCUT2D eigenvalue weighted by Gasteiger charge is -2.32. The molecule has 1 aromatic heterocycles. The zero-order valence-corrected chi connectivity index (χ0v) is 18.5. The van der Waals surface area contributed by atoms with Crippen LogP contribution in [0.25, 0.3) is 11.3 Å². The fourth-order valence-electron chi connectivity index (χ4n) is 3.98. The Morgan fingerprint density at radius 3 is 2.53 bits per heavy atom. The molecule has 0 aliphatic carbocycles. The first-order valence-corrected chi connectivity index (χ1v) is 10.8. The van der Waals surface area contributed by atoms with Gasteiger partial charge in [-0.15, -0.1) is 0 Å². The number of nitrogens with zero attached hydrogens (tertiary/aromatic N) is 3. The molecule has 1 amide bonds. The standard InChI is InChI=1S/C25H28N4O3/c1-31-21-9-8-20(23(14-21)32-2)16-26-25(30)19-10-12-29(13-11-19)24-15-22(27-17-28-24)18-6-4-3-5-7-18/h3-9,14-15,17,19H,10-13,16H2,1-2H3,(H,26,30). The SMILES string of the molecule is COc1ccc(CNC(=O)C2CCN(c3cc(-c4ccccc4)ncn3)CC2)c(OC)c1. The average molecular weight is 433 g/mol. The van der Waals surface area contributed by atoms with Gasteiger partial charge in [-0.05, 0) is 25.0 Å². The molecule has 0 radical (unpaired) electrons. The first-order chi connectivity index (χ1) is 15.7. The number of amides is 1. The lowest BCUT2D eigenvalue weighted by Crippen LogP contribution is -2.40. The summed E-state index contributed by atoms with van der Waals surface area (Å²) in [5.41, 5.74) is 2.90. The summed E-state index contributed by atoms with van der Waals surface area (Å²) in [4.78, 5) is 23.8. The molecule has 1 saturated heterocycles. The van der Waals surface area contributed by atoms with Gasteiger partial charge in [-0.3, -0.25) is 4.79 Å². The number of rotatable bonds is 7. The summed E-state index contributed by atoms with van der Waals surface area (Å²) in [6.07, 6.45) is 3.19. The van der Waals surface area contributed by atoms with E-state index in [0.29, 0.717) is 12.3 Å². The van der Waals surface area contributed by atoms with Crippen molar-refractivity contribution in [3.05, 3.63) is 66.5 Å². The summed E-state index contributed by atoms with van der Waals surface area (Å²) < 4.78 is 10.7. The Bertz CT molecular complexity index is 1050. The molecule has 0 spiro atoms. The van der Waals surface area contributed by atoms with Crippen molar-refractivity contribution in [3.63, 3.8) is 0 Å². The summed E-state index contributed by atoms with van der Waals surface area (Å²) in [5.74, 6) is 2.41.